The highest BCUT2D eigenvalue weighted by molar-refractivity contribution is 7.18. The SMILES string of the molecule is O=C(NN1CCCCC1)c1cc(-c2ccc(Cl)cc2)c(-c2ccc(Cl)cc2Cl)s1. The Kier molecular flexibility index (Phi) is 6.47. The van der Waals surface area contributed by atoms with Crippen molar-refractivity contribution in [3.63, 3.8) is 0 Å². The number of halogens is 3. The van der Waals surface area contributed by atoms with Gasteiger partial charge in [0.05, 0.1) is 9.90 Å². The first-order chi connectivity index (χ1) is 14.0. The summed E-state index contributed by atoms with van der Waals surface area (Å²) in [4.78, 5) is 14.5. The molecule has 0 bridgehead atoms. The molecule has 3 aromatic rings. The predicted octanol–water partition coefficient (Wildman–Crippen LogP) is 7.17. The number of hydrazine groups is 1. The number of thiophene rings is 1. The van der Waals surface area contributed by atoms with E-state index in [1.54, 1.807) is 6.07 Å². The quantitative estimate of drug-likeness (QED) is 0.443. The molecule has 1 amide bonds. The molecule has 0 aliphatic carbocycles. The summed E-state index contributed by atoms with van der Waals surface area (Å²) in [5.41, 5.74) is 5.81. The molecule has 0 unspecified atom stereocenters. The number of carbonyl (C=O) groups excluding carboxylic acids is 1. The summed E-state index contributed by atoms with van der Waals surface area (Å²) >= 11 is 20.1. The third-order valence-electron chi connectivity index (χ3n) is 4.90. The number of hydrogen-bond acceptors (Lipinski definition) is 3. The number of carbonyl (C=O) groups is 1. The summed E-state index contributed by atoms with van der Waals surface area (Å²) in [7, 11) is 0. The number of hydrogen-bond donors (Lipinski definition) is 1. The molecule has 1 aromatic heterocycles. The number of nitrogens with one attached hydrogen (secondary N) is 1. The Hall–Kier alpha value is -1.56. The first kappa shape index (κ1) is 20.7. The molecule has 0 radical (unpaired) electrons. The van der Waals surface area contributed by atoms with Crippen molar-refractivity contribution >= 4 is 52.0 Å². The molecule has 0 atom stereocenters. The van der Waals surface area contributed by atoms with Crippen molar-refractivity contribution in [2.45, 2.75) is 19.3 Å². The molecule has 2 aromatic carbocycles. The van der Waals surface area contributed by atoms with Gasteiger partial charge in [-0.05, 0) is 48.7 Å². The minimum absolute atomic E-state index is 0.0940. The first-order valence-electron chi connectivity index (χ1n) is 9.42. The van der Waals surface area contributed by atoms with Gasteiger partial charge in [0, 0.05) is 39.1 Å². The molecule has 1 fully saturated rings. The summed E-state index contributed by atoms with van der Waals surface area (Å²) in [5, 5.41) is 3.80. The molecule has 2 heterocycles. The molecule has 0 spiro atoms. The van der Waals surface area contributed by atoms with Crippen LogP contribution >= 0.6 is 46.1 Å². The minimum atomic E-state index is -0.0940. The fraction of sp³-hybridized carbons (Fsp3) is 0.227. The van der Waals surface area contributed by atoms with E-state index in [4.69, 9.17) is 34.8 Å². The molecule has 150 valence electrons. The van der Waals surface area contributed by atoms with Gasteiger partial charge in [-0.2, -0.15) is 0 Å². The fourth-order valence-corrected chi connectivity index (χ4v) is 5.22. The second-order valence-corrected chi connectivity index (χ2v) is 9.31. The Morgan fingerprint density at radius 2 is 1.55 bits per heavy atom. The normalized spacial score (nSPS) is 14.7. The molecule has 1 aliphatic heterocycles. The van der Waals surface area contributed by atoms with Gasteiger partial charge in [-0.15, -0.1) is 11.3 Å². The third-order valence-corrected chi connectivity index (χ3v) is 6.87. The number of nitrogens with zero attached hydrogens (tertiary/aromatic N) is 1. The van der Waals surface area contributed by atoms with Crippen molar-refractivity contribution in [3.05, 3.63) is 68.5 Å². The lowest BCUT2D eigenvalue weighted by molar-refractivity contribution is 0.0754. The van der Waals surface area contributed by atoms with Crippen LogP contribution in [0.4, 0.5) is 0 Å². The van der Waals surface area contributed by atoms with Crippen molar-refractivity contribution < 1.29 is 4.79 Å². The van der Waals surface area contributed by atoms with Gasteiger partial charge < -0.3 is 0 Å². The highest BCUT2D eigenvalue weighted by Crippen LogP contribution is 2.43. The summed E-state index contributed by atoms with van der Waals surface area (Å²) in [5.74, 6) is -0.0940. The summed E-state index contributed by atoms with van der Waals surface area (Å²) < 4.78 is 0. The van der Waals surface area contributed by atoms with E-state index >= 15 is 0 Å². The topological polar surface area (TPSA) is 32.3 Å². The van der Waals surface area contributed by atoms with E-state index in [0.717, 1.165) is 47.5 Å². The van der Waals surface area contributed by atoms with Crippen molar-refractivity contribution in [2.75, 3.05) is 13.1 Å². The van der Waals surface area contributed by atoms with Crippen LogP contribution in [0, 0.1) is 0 Å². The van der Waals surface area contributed by atoms with E-state index < -0.39 is 0 Å². The van der Waals surface area contributed by atoms with E-state index in [0.29, 0.717) is 19.9 Å². The number of amides is 1. The molecule has 1 aliphatic rings. The average Bonchev–Trinajstić information content (AvgIpc) is 3.14. The first-order valence-corrected chi connectivity index (χ1v) is 11.4. The van der Waals surface area contributed by atoms with E-state index in [1.807, 2.05) is 47.5 Å². The highest BCUT2D eigenvalue weighted by Gasteiger charge is 2.21. The van der Waals surface area contributed by atoms with Crippen molar-refractivity contribution in [3.8, 4) is 21.6 Å². The second-order valence-electron chi connectivity index (χ2n) is 6.97. The Balaban J connectivity index is 1.73. The van der Waals surface area contributed by atoms with Gasteiger partial charge in [-0.25, -0.2) is 5.01 Å². The maximum Gasteiger partial charge on any atom is 0.275 e. The van der Waals surface area contributed by atoms with E-state index in [9.17, 15) is 4.79 Å². The summed E-state index contributed by atoms with van der Waals surface area (Å²) in [6.45, 7) is 1.77. The maximum absolute atomic E-state index is 12.9. The van der Waals surface area contributed by atoms with Gasteiger partial charge in [0.2, 0.25) is 0 Å². The zero-order valence-electron chi connectivity index (χ0n) is 15.6. The Labute approximate surface area is 189 Å². The Bertz CT molecular complexity index is 1030. The van der Waals surface area contributed by atoms with Crippen LogP contribution in [0.1, 0.15) is 28.9 Å². The molecule has 1 saturated heterocycles. The lowest BCUT2D eigenvalue weighted by atomic mass is 10.0. The lowest BCUT2D eigenvalue weighted by Crippen LogP contribution is -2.44. The molecule has 0 saturated carbocycles. The van der Waals surface area contributed by atoms with Crippen LogP contribution in [0.25, 0.3) is 21.6 Å². The standard InChI is InChI=1S/C22H19Cl3N2OS/c23-15-6-4-14(5-7-15)18-13-20(22(28)26-27-10-2-1-3-11-27)29-21(18)17-9-8-16(24)12-19(17)25/h4-9,12-13H,1-3,10-11H2,(H,26,28). The Morgan fingerprint density at radius 3 is 2.24 bits per heavy atom. The average molecular weight is 466 g/mol. The number of piperidine rings is 1. The van der Waals surface area contributed by atoms with Crippen LogP contribution in [-0.4, -0.2) is 24.0 Å². The maximum atomic E-state index is 12.9. The van der Waals surface area contributed by atoms with Gasteiger partial charge >= 0.3 is 0 Å². The van der Waals surface area contributed by atoms with Crippen molar-refractivity contribution in [1.29, 1.82) is 0 Å². The van der Waals surface area contributed by atoms with E-state index in [1.165, 1.54) is 17.8 Å². The van der Waals surface area contributed by atoms with Crippen LogP contribution in [0.5, 0.6) is 0 Å². The molecule has 7 heteroatoms. The summed E-state index contributed by atoms with van der Waals surface area (Å²) in [6, 6.07) is 14.9. The van der Waals surface area contributed by atoms with E-state index in [2.05, 4.69) is 5.43 Å². The second kappa shape index (κ2) is 9.07. The van der Waals surface area contributed by atoms with Crippen LogP contribution in [0.2, 0.25) is 15.1 Å². The van der Waals surface area contributed by atoms with Gasteiger partial charge in [-0.3, -0.25) is 10.2 Å². The van der Waals surface area contributed by atoms with Gasteiger partial charge in [0.25, 0.3) is 5.91 Å². The summed E-state index contributed by atoms with van der Waals surface area (Å²) in [6.07, 6.45) is 3.42. The van der Waals surface area contributed by atoms with E-state index in [-0.39, 0.29) is 5.91 Å². The monoisotopic (exact) mass is 464 g/mol. The predicted molar refractivity (Wildman–Crippen MR) is 123 cm³/mol. The zero-order chi connectivity index (χ0) is 20.4. The van der Waals surface area contributed by atoms with Gasteiger partial charge in [-0.1, -0.05) is 59.4 Å². The molecule has 3 nitrogen and oxygen atoms in total. The minimum Gasteiger partial charge on any atom is -0.284 e. The molecule has 29 heavy (non-hydrogen) atoms. The van der Waals surface area contributed by atoms with Gasteiger partial charge in [0.15, 0.2) is 0 Å². The van der Waals surface area contributed by atoms with Crippen LogP contribution in [0.3, 0.4) is 0 Å². The van der Waals surface area contributed by atoms with Crippen LogP contribution < -0.4 is 5.43 Å². The molecular weight excluding hydrogens is 447 g/mol. The smallest absolute Gasteiger partial charge is 0.275 e. The van der Waals surface area contributed by atoms with Crippen molar-refractivity contribution in [2.24, 2.45) is 0 Å². The van der Waals surface area contributed by atoms with Gasteiger partial charge in [0.1, 0.15) is 0 Å². The van der Waals surface area contributed by atoms with Crippen molar-refractivity contribution in [1.82, 2.24) is 10.4 Å². The molecule has 4 rings (SSSR count). The highest BCUT2D eigenvalue weighted by atomic mass is 35.5. The molecule has 1 N–H and O–H groups in total. The number of benzene rings is 2. The largest absolute Gasteiger partial charge is 0.284 e. The third kappa shape index (κ3) is 4.79. The number of rotatable bonds is 4. The lowest BCUT2D eigenvalue weighted by Gasteiger charge is -2.26. The molecular formula is C22H19Cl3N2OS. The zero-order valence-corrected chi connectivity index (χ0v) is 18.6. The van der Waals surface area contributed by atoms with Crippen LogP contribution in [0.15, 0.2) is 48.5 Å². The fourth-order valence-electron chi connectivity index (χ4n) is 3.42. The Morgan fingerprint density at radius 1 is 0.862 bits per heavy atom. The van der Waals surface area contributed by atoms with Crippen LogP contribution in [-0.2, 0) is 0 Å².